The highest BCUT2D eigenvalue weighted by Crippen LogP contribution is 2.22. The molecular formula is C22H18FN. The van der Waals surface area contributed by atoms with Gasteiger partial charge in [-0.05, 0) is 54.2 Å². The molecule has 1 nitrogen and oxygen atoms in total. The molecule has 0 N–H and O–H groups in total. The van der Waals surface area contributed by atoms with Crippen LogP contribution < -0.4 is 0 Å². The summed E-state index contributed by atoms with van der Waals surface area (Å²) >= 11 is 0. The maximum absolute atomic E-state index is 13.7. The number of nitriles is 1. The van der Waals surface area contributed by atoms with Crippen LogP contribution in [0, 0.1) is 24.1 Å². The summed E-state index contributed by atoms with van der Waals surface area (Å²) in [5, 5.41) is 8.79. The van der Waals surface area contributed by atoms with Gasteiger partial charge in [0.25, 0.3) is 0 Å². The summed E-state index contributed by atoms with van der Waals surface area (Å²) < 4.78 is 13.7. The number of hydrogen-bond acceptors (Lipinski definition) is 1. The van der Waals surface area contributed by atoms with Crippen molar-refractivity contribution in [1.82, 2.24) is 0 Å². The second-order valence-electron chi connectivity index (χ2n) is 5.99. The largest absolute Gasteiger partial charge is 0.206 e. The van der Waals surface area contributed by atoms with E-state index in [0.717, 1.165) is 24.0 Å². The lowest BCUT2D eigenvalue weighted by Crippen LogP contribution is -1.92. The molecule has 0 aliphatic rings. The van der Waals surface area contributed by atoms with Gasteiger partial charge in [0.15, 0.2) is 0 Å². The Kier molecular flexibility index (Phi) is 4.72. The van der Waals surface area contributed by atoms with Crippen LogP contribution in [0.2, 0.25) is 0 Å². The van der Waals surface area contributed by atoms with Crippen molar-refractivity contribution in [3.63, 3.8) is 0 Å². The summed E-state index contributed by atoms with van der Waals surface area (Å²) in [4.78, 5) is 0. The summed E-state index contributed by atoms with van der Waals surface area (Å²) in [7, 11) is 0. The van der Waals surface area contributed by atoms with Gasteiger partial charge in [0, 0.05) is 0 Å². The van der Waals surface area contributed by atoms with Crippen molar-refractivity contribution in [2.24, 2.45) is 0 Å². The summed E-state index contributed by atoms with van der Waals surface area (Å²) in [6, 6.07) is 23.4. The highest BCUT2D eigenvalue weighted by atomic mass is 19.1. The Bertz CT molecular complexity index is 871. The molecule has 3 aromatic rings. The van der Waals surface area contributed by atoms with Crippen LogP contribution in [0.5, 0.6) is 0 Å². The van der Waals surface area contributed by atoms with Crippen LogP contribution in [0.25, 0.3) is 11.1 Å². The van der Waals surface area contributed by atoms with Gasteiger partial charge in [-0.3, -0.25) is 0 Å². The van der Waals surface area contributed by atoms with Crippen LogP contribution in [0.1, 0.15) is 22.3 Å². The zero-order valence-electron chi connectivity index (χ0n) is 13.6. The van der Waals surface area contributed by atoms with Crippen LogP contribution >= 0.6 is 0 Å². The van der Waals surface area contributed by atoms with Gasteiger partial charge < -0.3 is 0 Å². The lowest BCUT2D eigenvalue weighted by Gasteiger charge is -2.06. The van der Waals surface area contributed by atoms with E-state index in [-0.39, 0.29) is 5.56 Å². The molecule has 0 aromatic heterocycles. The summed E-state index contributed by atoms with van der Waals surface area (Å²) in [6.07, 6.45) is 1.98. The van der Waals surface area contributed by atoms with Gasteiger partial charge in [-0.15, -0.1) is 0 Å². The van der Waals surface area contributed by atoms with E-state index in [1.54, 1.807) is 6.07 Å². The molecule has 0 unspecified atom stereocenters. The van der Waals surface area contributed by atoms with Crippen molar-refractivity contribution in [1.29, 1.82) is 5.26 Å². The fourth-order valence-electron chi connectivity index (χ4n) is 2.69. The first-order valence-corrected chi connectivity index (χ1v) is 8.00. The number of hydrogen-bond donors (Lipinski definition) is 0. The predicted octanol–water partition coefficient (Wildman–Crippen LogP) is 5.46. The third-order valence-corrected chi connectivity index (χ3v) is 4.20. The van der Waals surface area contributed by atoms with Crippen LogP contribution in [-0.4, -0.2) is 0 Å². The molecule has 2 heteroatoms. The molecule has 0 saturated heterocycles. The number of benzene rings is 3. The molecule has 3 rings (SSSR count). The first-order valence-electron chi connectivity index (χ1n) is 8.00. The molecule has 24 heavy (non-hydrogen) atoms. The number of aryl methyl sites for hydroxylation is 3. The van der Waals surface area contributed by atoms with Crippen molar-refractivity contribution in [2.75, 3.05) is 0 Å². The third-order valence-electron chi connectivity index (χ3n) is 4.20. The van der Waals surface area contributed by atoms with Gasteiger partial charge in [0.1, 0.15) is 11.9 Å². The maximum Gasteiger partial charge on any atom is 0.141 e. The molecular weight excluding hydrogens is 297 g/mol. The third kappa shape index (κ3) is 3.70. The van der Waals surface area contributed by atoms with E-state index in [0.29, 0.717) is 0 Å². The molecule has 0 aliphatic heterocycles. The first kappa shape index (κ1) is 16.0. The average molecular weight is 315 g/mol. The Hall–Kier alpha value is -2.92. The quantitative estimate of drug-likeness (QED) is 0.627. The molecule has 0 saturated carbocycles. The van der Waals surface area contributed by atoms with Crippen molar-refractivity contribution in [2.45, 2.75) is 19.8 Å². The topological polar surface area (TPSA) is 23.8 Å². The van der Waals surface area contributed by atoms with Gasteiger partial charge in [-0.2, -0.15) is 5.26 Å². The van der Waals surface area contributed by atoms with Gasteiger partial charge >= 0.3 is 0 Å². The minimum atomic E-state index is -0.474. The highest BCUT2D eigenvalue weighted by Gasteiger charge is 2.05. The van der Waals surface area contributed by atoms with Crippen LogP contribution in [-0.2, 0) is 12.8 Å². The first-order chi connectivity index (χ1) is 11.7. The second kappa shape index (κ2) is 7.10. The Balaban J connectivity index is 1.70. The molecule has 0 heterocycles. The molecule has 0 fully saturated rings. The molecule has 0 amide bonds. The SMILES string of the molecule is Cc1ccc(CCc2ccc(-c3ccc(C#N)c(F)c3)cc2)cc1. The van der Waals surface area contributed by atoms with Gasteiger partial charge in [-0.1, -0.05) is 60.2 Å². The standard InChI is InChI=1S/C22H18FN/c1-16-2-4-17(5-3-16)6-7-18-8-10-19(11-9-18)20-12-13-21(15-24)22(23)14-20/h2-5,8-14H,6-7H2,1H3. The zero-order valence-corrected chi connectivity index (χ0v) is 13.6. The number of nitrogens with zero attached hydrogens (tertiary/aromatic N) is 1. The minimum absolute atomic E-state index is 0.0773. The van der Waals surface area contributed by atoms with E-state index in [4.69, 9.17) is 5.26 Å². The van der Waals surface area contributed by atoms with Crippen LogP contribution in [0.15, 0.2) is 66.7 Å². The molecule has 0 bridgehead atoms. The van der Waals surface area contributed by atoms with Crippen molar-refractivity contribution in [3.05, 3.63) is 94.8 Å². The summed E-state index contributed by atoms with van der Waals surface area (Å²) in [5.41, 5.74) is 5.69. The van der Waals surface area contributed by atoms with Crippen LogP contribution in [0.4, 0.5) is 4.39 Å². The Morgan fingerprint density at radius 1 is 0.792 bits per heavy atom. The lowest BCUT2D eigenvalue weighted by atomic mass is 9.99. The molecule has 0 atom stereocenters. The smallest absolute Gasteiger partial charge is 0.141 e. The normalized spacial score (nSPS) is 10.4. The minimum Gasteiger partial charge on any atom is -0.206 e. The summed E-state index contributed by atoms with van der Waals surface area (Å²) in [6.45, 7) is 2.09. The zero-order chi connectivity index (χ0) is 16.9. The van der Waals surface area contributed by atoms with Crippen molar-refractivity contribution in [3.8, 4) is 17.2 Å². The maximum atomic E-state index is 13.7. The van der Waals surface area contributed by atoms with Crippen molar-refractivity contribution < 1.29 is 4.39 Å². The van der Waals surface area contributed by atoms with Gasteiger partial charge in [0.05, 0.1) is 5.56 Å². The fourth-order valence-corrected chi connectivity index (χ4v) is 2.69. The number of halogens is 1. The van der Waals surface area contributed by atoms with E-state index in [1.165, 1.54) is 28.8 Å². The molecule has 118 valence electrons. The Labute approximate surface area is 142 Å². The van der Waals surface area contributed by atoms with Crippen LogP contribution in [0.3, 0.4) is 0 Å². The molecule has 0 radical (unpaired) electrons. The van der Waals surface area contributed by atoms with E-state index < -0.39 is 5.82 Å². The summed E-state index contributed by atoms with van der Waals surface area (Å²) in [5.74, 6) is -0.474. The Morgan fingerprint density at radius 2 is 1.33 bits per heavy atom. The monoisotopic (exact) mass is 315 g/mol. The molecule has 0 aliphatic carbocycles. The second-order valence-corrected chi connectivity index (χ2v) is 5.99. The van der Waals surface area contributed by atoms with E-state index in [2.05, 4.69) is 43.3 Å². The lowest BCUT2D eigenvalue weighted by molar-refractivity contribution is 0.624. The fraction of sp³-hybridized carbons (Fsp3) is 0.136. The number of rotatable bonds is 4. The highest BCUT2D eigenvalue weighted by molar-refractivity contribution is 5.64. The molecule has 3 aromatic carbocycles. The van der Waals surface area contributed by atoms with E-state index in [1.807, 2.05) is 18.2 Å². The van der Waals surface area contributed by atoms with Crippen molar-refractivity contribution >= 4 is 0 Å². The average Bonchev–Trinajstić information content (AvgIpc) is 2.61. The van der Waals surface area contributed by atoms with E-state index >= 15 is 0 Å². The van der Waals surface area contributed by atoms with Gasteiger partial charge in [-0.25, -0.2) is 4.39 Å². The predicted molar refractivity (Wildman–Crippen MR) is 95.1 cm³/mol. The van der Waals surface area contributed by atoms with E-state index in [9.17, 15) is 4.39 Å². The molecule has 0 spiro atoms. The van der Waals surface area contributed by atoms with Gasteiger partial charge in [0.2, 0.25) is 0 Å². The Morgan fingerprint density at radius 3 is 1.88 bits per heavy atom.